The normalized spacial score (nSPS) is 10.7. The van der Waals surface area contributed by atoms with Gasteiger partial charge in [-0.1, -0.05) is 5.16 Å². The van der Waals surface area contributed by atoms with Crippen LogP contribution in [0.4, 0.5) is 5.69 Å². The van der Waals surface area contributed by atoms with Crippen molar-refractivity contribution in [3.8, 4) is 11.4 Å². The Hall–Kier alpha value is -3.35. The van der Waals surface area contributed by atoms with Crippen LogP contribution in [0.1, 0.15) is 5.69 Å². The minimum atomic E-state index is -0.252. The van der Waals surface area contributed by atoms with Crippen LogP contribution in [0.2, 0.25) is 0 Å². The lowest BCUT2D eigenvalue weighted by Gasteiger charge is -2.02. The number of rotatable bonds is 4. The molecule has 0 saturated carbocycles. The van der Waals surface area contributed by atoms with Gasteiger partial charge in [0, 0.05) is 29.7 Å². The fourth-order valence-electron chi connectivity index (χ4n) is 1.74. The molecule has 0 unspecified atom stereocenters. The van der Waals surface area contributed by atoms with E-state index >= 15 is 0 Å². The largest absolute Gasteiger partial charge is 0.342 e. The molecule has 0 aliphatic rings. The van der Waals surface area contributed by atoms with Crippen molar-refractivity contribution in [2.24, 2.45) is 0 Å². The van der Waals surface area contributed by atoms with Crippen molar-refractivity contribution in [2.45, 2.75) is 0 Å². The molecule has 7 heteroatoms. The third kappa shape index (κ3) is 3.40. The Bertz CT molecular complexity index is 767. The van der Waals surface area contributed by atoms with Crippen molar-refractivity contribution in [3.05, 3.63) is 61.0 Å². The topological polar surface area (TPSA) is 93.8 Å². The Kier molecular flexibility index (Phi) is 3.96. The second-order valence-electron chi connectivity index (χ2n) is 4.29. The summed E-state index contributed by atoms with van der Waals surface area (Å²) in [4.78, 5) is 23.7. The first kappa shape index (κ1) is 13.6. The van der Waals surface area contributed by atoms with E-state index in [9.17, 15) is 4.79 Å². The van der Waals surface area contributed by atoms with Gasteiger partial charge in [-0.25, -0.2) is 0 Å². The highest BCUT2D eigenvalue weighted by Gasteiger charge is 2.03. The van der Waals surface area contributed by atoms with Crippen molar-refractivity contribution in [2.75, 3.05) is 5.32 Å². The zero-order valence-corrected chi connectivity index (χ0v) is 11.4. The molecule has 0 saturated heterocycles. The fourth-order valence-corrected chi connectivity index (χ4v) is 1.74. The van der Waals surface area contributed by atoms with Gasteiger partial charge in [0.15, 0.2) is 0 Å². The van der Waals surface area contributed by atoms with Gasteiger partial charge in [0.05, 0.1) is 11.9 Å². The molecule has 1 N–H and O–H groups in total. The summed E-state index contributed by atoms with van der Waals surface area (Å²) < 4.78 is 4.69. The molecular formula is C15H11N5O2. The van der Waals surface area contributed by atoms with Crippen molar-refractivity contribution in [1.82, 2.24) is 20.1 Å². The van der Waals surface area contributed by atoms with Gasteiger partial charge in [-0.15, -0.1) is 0 Å². The number of benzene rings is 1. The molecule has 1 aromatic carbocycles. The van der Waals surface area contributed by atoms with Gasteiger partial charge in [0.1, 0.15) is 0 Å². The first-order valence-electron chi connectivity index (χ1n) is 6.43. The minimum absolute atomic E-state index is 0.252. The summed E-state index contributed by atoms with van der Waals surface area (Å²) in [6, 6.07) is 7.12. The highest BCUT2D eigenvalue weighted by Crippen LogP contribution is 2.17. The van der Waals surface area contributed by atoms with Gasteiger partial charge in [-0.2, -0.15) is 4.98 Å². The lowest BCUT2D eigenvalue weighted by atomic mass is 10.2. The van der Waals surface area contributed by atoms with Crippen LogP contribution in [0, 0.1) is 0 Å². The van der Waals surface area contributed by atoms with Crippen molar-refractivity contribution in [3.63, 3.8) is 0 Å². The number of anilines is 1. The molecule has 2 heterocycles. The summed E-state index contributed by atoms with van der Waals surface area (Å²) in [5, 5.41) is 6.49. The molecule has 7 nitrogen and oxygen atoms in total. The van der Waals surface area contributed by atoms with Gasteiger partial charge in [-0.3, -0.25) is 14.8 Å². The third-order valence-electron chi connectivity index (χ3n) is 2.76. The lowest BCUT2D eigenvalue weighted by molar-refractivity contribution is -0.111. The van der Waals surface area contributed by atoms with Gasteiger partial charge in [-0.05, 0) is 30.3 Å². The SMILES string of the molecule is O=C(/C=C/c1cnccn1)Nc1ccc(-c2ncon2)cc1. The molecule has 3 aromatic rings. The fraction of sp³-hybridized carbons (Fsp3) is 0. The molecule has 0 aliphatic carbocycles. The van der Waals surface area contributed by atoms with Gasteiger partial charge in [0.25, 0.3) is 0 Å². The predicted molar refractivity (Wildman–Crippen MR) is 79.4 cm³/mol. The first-order valence-corrected chi connectivity index (χ1v) is 6.43. The third-order valence-corrected chi connectivity index (χ3v) is 2.76. The summed E-state index contributed by atoms with van der Waals surface area (Å²) in [5.74, 6) is 0.249. The van der Waals surface area contributed by atoms with Crippen LogP contribution in [-0.2, 0) is 4.79 Å². The Morgan fingerprint density at radius 3 is 2.68 bits per heavy atom. The number of amides is 1. The molecule has 0 spiro atoms. The molecule has 0 bridgehead atoms. The summed E-state index contributed by atoms with van der Waals surface area (Å²) in [6.07, 6.45) is 8.97. The van der Waals surface area contributed by atoms with E-state index < -0.39 is 0 Å². The lowest BCUT2D eigenvalue weighted by Crippen LogP contribution is -2.07. The highest BCUT2D eigenvalue weighted by atomic mass is 16.5. The molecule has 2 aromatic heterocycles. The molecule has 0 fully saturated rings. The molecule has 0 aliphatic heterocycles. The van der Waals surface area contributed by atoms with E-state index in [-0.39, 0.29) is 5.91 Å². The van der Waals surface area contributed by atoms with E-state index in [1.807, 2.05) is 0 Å². The average molecular weight is 293 g/mol. The summed E-state index contributed by atoms with van der Waals surface area (Å²) >= 11 is 0. The van der Waals surface area contributed by atoms with Crippen LogP contribution in [0.25, 0.3) is 17.5 Å². The second-order valence-corrected chi connectivity index (χ2v) is 4.29. The molecule has 0 atom stereocenters. The van der Waals surface area contributed by atoms with Gasteiger partial charge >= 0.3 is 0 Å². The van der Waals surface area contributed by atoms with Crippen molar-refractivity contribution in [1.29, 1.82) is 0 Å². The highest BCUT2D eigenvalue weighted by molar-refractivity contribution is 6.01. The van der Waals surface area contributed by atoms with Gasteiger partial charge < -0.3 is 9.84 Å². The number of nitrogens with zero attached hydrogens (tertiary/aromatic N) is 4. The molecular weight excluding hydrogens is 282 g/mol. The monoisotopic (exact) mass is 293 g/mol. The maximum Gasteiger partial charge on any atom is 0.248 e. The molecule has 0 radical (unpaired) electrons. The summed E-state index contributed by atoms with van der Waals surface area (Å²) in [5.41, 5.74) is 2.09. The maximum atomic E-state index is 11.8. The smallest absolute Gasteiger partial charge is 0.248 e. The average Bonchev–Trinajstić information content (AvgIpc) is 3.09. The van der Waals surface area contributed by atoms with E-state index in [1.54, 1.807) is 48.9 Å². The van der Waals surface area contributed by atoms with E-state index in [1.165, 1.54) is 12.5 Å². The molecule has 22 heavy (non-hydrogen) atoms. The Morgan fingerprint density at radius 2 is 2.00 bits per heavy atom. The zero-order chi connectivity index (χ0) is 15.2. The zero-order valence-electron chi connectivity index (χ0n) is 11.4. The van der Waals surface area contributed by atoms with Crippen LogP contribution < -0.4 is 5.32 Å². The van der Waals surface area contributed by atoms with Crippen molar-refractivity contribution >= 4 is 17.7 Å². The Morgan fingerprint density at radius 1 is 1.14 bits per heavy atom. The van der Waals surface area contributed by atoms with E-state index in [0.29, 0.717) is 17.2 Å². The Balaban J connectivity index is 1.63. The number of carbonyl (C=O) groups excluding carboxylic acids is 1. The number of hydrogen-bond acceptors (Lipinski definition) is 6. The van der Waals surface area contributed by atoms with Crippen LogP contribution in [-0.4, -0.2) is 26.0 Å². The number of aromatic nitrogens is 4. The Labute approximate surface area is 125 Å². The van der Waals surface area contributed by atoms with E-state index in [0.717, 1.165) is 5.56 Å². The predicted octanol–water partition coefficient (Wildman–Crippen LogP) is 2.18. The second kappa shape index (κ2) is 6.40. The van der Waals surface area contributed by atoms with E-state index in [4.69, 9.17) is 0 Å². The minimum Gasteiger partial charge on any atom is -0.342 e. The quantitative estimate of drug-likeness (QED) is 0.741. The number of hydrogen-bond donors (Lipinski definition) is 1. The van der Waals surface area contributed by atoms with Crippen LogP contribution in [0.15, 0.2) is 59.8 Å². The van der Waals surface area contributed by atoms with Gasteiger partial charge in [0.2, 0.25) is 18.1 Å². The summed E-state index contributed by atoms with van der Waals surface area (Å²) in [6.45, 7) is 0. The summed E-state index contributed by atoms with van der Waals surface area (Å²) in [7, 11) is 0. The van der Waals surface area contributed by atoms with E-state index in [2.05, 4.69) is 29.9 Å². The van der Waals surface area contributed by atoms with Crippen LogP contribution in [0.5, 0.6) is 0 Å². The van der Waals surface area contributed by atoms with Crippen LogP contribution in [0.3, 0.4) is 0 Å². The molecule has 108 valence electrons. The molecule has 3 rings (SSSR count). The van der Waals surface area contributed by atoms with Crippen molar-refractivity contribution < 1.29 is 9.32 Å². The standard InChI is InChI=1S/C15H11N5O2/c21-14(6-5-13-9-16-7-8-17-13)19-12-3-1-11(2-4-12)15-18-10-22-20-15/h1-10H,(H,19,21)/b6-5+. The maximum absolute atomic E-state index is 11.8. The van der Waals surface area contributed by atoms with Crippen LogP contribution >= 0.6 is 0 Å². The first-order chi connectivity index (χ1) is 10.8. The number of nitrogens with one attached hydrogen (secondary N) is 1. The molecule has 1 amide bonds. The number of carbonyl (C=O) groups is 1.